The summed E-state index contributed by atoms with van der Waals surface area (Å²) < 4.78 is 5.80. The van der Waals surface area contributed by atoms with Gasteiger partial charge in [-0.1, -0.05) is 0 Å². The number of nitrogens with zero attached hydrogens (tertiary/aromatic N) is 1. The van der Waals surface area contributed by atoms with Crippen molar-refractivity contribution in [2.45, 2.75) is 0 Å². The van der Waals surface area contributed by atoms with Crippen LogP contribution in [0.25, 0.3) is 0 Å². The third-order valence-corrected chi connectivity index (χ3v) is 2.44. The van der Waals surface area contributed by atoms with Gasteiger partial charge in [-0.3, -0.25) is 9.59 Å². The minimum absolute atomic E-state index is 0.0482. The number of nitriles is 1. The summed E-state index contributed by atoms with van der Waals surface area (Å²) in [6.07, 6.45) is 0.716. The highest BCUT2D eigenvalue weighted by atomic mass is 79.9. The maximum absolute atomic E-state index is 11.2. The number of ether oxygens (including phenoxy) is 1. The fourth-order valence-electron chi connectivity index (χ4n) is 1.04. The molecule has 0 aromatic heterocycles. The van der Waals surface area contributed by atoms with E-state index in [-0.39, 0.29) is 19.1 Å². The summed E-state index contributed by atoms with van der Waals surface area (Å²) in [7, 11) is 0. The standard InChI is InChI=1S/C11H9BrN2O3/c12-9-5-8(6-15)1-2-10(9)17-7-11(16)14-4-3-13/h1-2,5-6H,4,7H2,(H,14,16). The van der Waals surface area contributed by atoms with Crippen molar-refractivity contribution in [2.24, 2.45) is 0 Å². The van der Waals surface area contributed by atoms with Crippen LogP contribution < -0.4 is 10.1 Å². The van der Waals surface area contributed by atoms with Gasteiger partial charge in [-0.25, -0.2) is 0 Å². The first-order chi connectivity index (χ1) is 8.17. The monoisotopic (exact) mass is 296 g/mol. The highest BCUT2D eigenvalue weighted by Gasteiger charge is 2.05. The Balaban J connectivity index is 2.55. The number of halogens is 1. The Kier molecular flexibility index (Phi) is 5.17. The molecule has 0 fully saturated rings. The number of carbonyl (C=O) groups excluding carboxylic acids is 2. The molecule has 0 saturated heterocycles. The second-order valence-electron chi connectivity index (χ2n) is 3.03. The molecule has 0 saturated carbocycles. The van der Waals surface area contributed by atoms with Gasteiger partial charge in [-0.2, -0.15) is 5.26 Å². The normalized spacial score (nSPS) is 9.18. The van der Waals surface area contributed by atoms with Crippen molar-refractivity contribution in [2.75, 3.05) is 13.2 Å². The topological polar surface area (TPSA) is 79.2 Å². The van der Waals surface area contributed by atoms with Gasteiger partial charge in [0.05, 0.1) is 10.5 Å². The number of amides is 1. The third-order valence-electron chi connectivity index (χ3n) is 1.82. The van der Waals surface area contributed by atoms with Crippen LogP contribution in [-0.4, -0.2) is 25.3 Å². The molecule has 0 spiro atoms. The largest absolute Gasteiger partial charge is 0.483 e. The smallest absolute Gasteiger partial charge is 0.258 e. The lowest BCUT2D eigenvalue weighted by Gasteiger charge is -2.07. The molecule has 88 valence electrons. The van der Waals surface area contributed by atoms with Gasteiger partial charge < -0.3 is 10.1 Å². The van der Waals surface area contributed by atoms with E-state index in [1.165, 1.54) is 0 Å². The molecule has 0 atom stereocenters. The number of carbonyl (C=O) groups is 2. The summed E-state index contributed by atoms with van der Waals surface area (Å²) in [4.78, 5) is 21.6. The van der Waals surface area contributed by atoms with Crippen molar-refractivity contribution in [3.63, 3.8) is 0 Å². The van der Waals surface area contributed by atoms with Crippen molar-refractivity contribution >= 4 is 28.1 Å². The van der Waals surface area contributed by atoms with Crippen molar-refractivity contribution < 1.29 is 14.3 Å². The van der Waals surface area contributed by atoms with Crippen LogP contribution in [0.5, 0.6) is 5.75 Å². The van der Waals surface area contributed by atoms with E-state index in [1.54, 1.807) is 24.3 Å². The summed E-state index contributed by atoms with van der Waals surface area (Å²) in [5.41, 5.74) is 0.512. The molecule has 1 amide bonds. The van der Waals surface area contributed by atoms with Gasteiger partial charge in [0.25, 0.3) is 5.91 Å². The van der Waals surface area contributed by atoms with E-state index < -0.39 is 0 Å². The van der Waals surface area contributed by atoms with Crippen molar-refractivity contribution in [3.05, 3.63) is 28.2 Å². The van der Waals surface area contributed by atoms with Gasteiger partial charge in [0.15, 0.2) is 6.61 Å². The minimum Gasteiger partial charge on any atom is -0.483 e. The lowest BCUT2D eigenvalue weighted by molar-refractivity contribution is -0.122. The second kappa shape index (κ2) is 6.66. The average Bonchev–Trinajstić information content (AvgIpc) is 2.34. The van der Waals surface area contributed by atoms with Gasteiger partial charge in [0.1, 0.15) is 18.6 Å². The maximum Gasteiger partial charge on any atom is 0.258 e. The number of hydrogen-bond acceptors (Lipinski definition) is 4. The molecule has 6 heteroatoms. The molecule has 0 heterocycles. The van der Waals surface area contributed by atoms with Crippen molar-refractivity contribution in [1.82, 2.24) is 5.32 Å². The van der Waals surface area contributed by atoms with E-state index >= 15 is 0 Å². The molecule has 1 rings (SSSR count). The predicted octanol–water partition coefficient (Wildman–Crippen LogP) is 1.28. The number of benzene rings is 1. The predicted molar refractivity (Wildman–Crippen MR) is 63.6 cm³/mol. The van der Waals surface area contributed by atoms with Crippen LogP contribution in [0.4, 0.5) is 0 Å². The number of aldehydes is 1. The Morgan fingerprint density at radius 2 is 2.35 bits per heavy atom. The molecule has 0 radical (unpaired) electrons. The molecule has 17 heavy (non-hydrogen) atoms. The highest BCUT2D eigenvalue weighted by molar-refractivity contribution is 9.10. The minimum atomic E-state index is -0.377. The third kappa shape index (κ3) is 4.25. The Labute approximate surface area is 107 Å². The lowest BCUT2D eigenvalue weighted by atomic mass is 10.2. The van der Waals surface area contributed by atoms with Gasteiger partial charge in [-0.05, 0) is 34.1 Å². The fourth-order valence-corrected chi connectivity index (χ4v) is 1.55. The summed E-state index contributed by atoms with van der Waals surface area (Å²) in [5.74, 6) is 0.0839. The zero-order valence-electron chi connectivity index (χ0n) is 8.77. The van der Waals surface area contributed by atoms with Gasteiger partial charge in [0.2, 0.25) is 0 Å². The first kappa shape index (κ1) is 13.2. The second-order valence-corrected chi connectivity index (χ2v) is 3.89. The molecule has 0 aliphatic rings. The average molecular weight is 297 g/mol. The molecule has 1 N–H and O–H groups in total. The maximum atomic E-state index is 11.2. The molecule has 5 nitrogen and oxygen atoms in total. The van der Waals surface area contributed by atoms with Gasteiger partial charge in [-0.15, -0.1) is 0 Å². The zero-order chi connectivity index (χ0) is 12.7. The van der Waals surface area contributed by atoms with E-state index in [4.69, 9.17) is 10.00 Å². The molecular weight excluding hydrogens is 288 g/mol. The SMILES string of the molecule is N#CCNC(=O)COc1ccc(C=O)cc1Br. The van der Waals surface area contributed by atoms with E-state index in [9.17, 15) is 9.59 Å². The molecule has 1 aromatic rings. The van der Waals surface area contributed by atoms with E-state index in [2.05, 4.69) is 21.2 Å². The number of hydrogen-bond donors (Lipinski definition) is 1. The fraction of sp³-hybridized carbons (Fsp3) is 0.182. The zero-order valence-corrected chi connectivity index (χ0v) is 10.4. The van der Waals surface area contributed by atoms with Crippen LogP contribution in [0.15, 0.2) is 22.7 Å². The first-order valence-corrected chi connectivity index (χ1v) is 5.48. The van der Waals surface area contributed by atoms with E-state index in [0.29, 0.717) is 22.1 Å². The van der Waals surface area contributed by atoms with Crippen LogP contribution in [0.1, 0.15) is 10.4 Å². The molecule has 0 aliphatic carbocycles. The lowest BCUT2D eigenvalue weighted by Crippen LogP contribution is -2.29. The van der Waals surface area contributed by atoms with Crippen LogP contribution in [-0.2, 0) is 4.79 Å². The van der Waals surface area contributed by atoms with Crippen LogP contribution in [0.2, 0.25) is 0 Å². The Bertz CT molecular complexity index is 468. The Morgan fingerprint density at radius 1 is 1.59 bits per heavy atom. The molecule has 1 aromatic carbocycles. The molecule has 0 bridgehead atoms. The molecule has 0 unspecified atom stereocenters. The first-order valence-electron chi connectivity index (χ1n) is 4.68. The van der Waals surface area contributed by atoms with Crippen LogP contribution in [0, 0.1) is 11.3 Å². The summed E-state index contributed by atoms with van der Waals surface area (Å²) in [6, 6.07) is 6.55. The van der Waals surface area contributed by atoms with Gasteiger partial charge >= 0.3 is 0 Å². The van der Waals surface area contributed by atoms with Crippen LogP contribution >= 0.6 is 15.9 Å². The van der Waals surface area contributed by atoms with Crippen molar-refractivity contribution in [1.29, 1.82) is 5.26 Å². The Morgan fingerprint density at radius 3 is 2.94 bits per heavy atom. The highest BCUT2D eigenvalue weighted by Crippen LogP contribution is 2.25. The van der Waals surface area contributed by atoms with E-state index in [0.717, 1.165) is 0 Å². The summed E-state index contributed by atoms with van der Waals surface area (Å²) in [6.45, 7) is -0.228. The molecular formula is C11H9BrN2O3. The number of rotatable bonds is 5. The van der Waals surface area contributed by atoms with Crippen molar-refractivity contribution in [3.8, 4) is 11.8 Å². The number of nitrogens with one attached hydrogen (secondary N) is 1. The Hall–Kier alpha value is -1.87. The summed E-state index contributed by atoms with van der Waals surface area (Å²) in [5, 5.41) is 10.6. The summed E-state index contributed by atoms with van der Waals surface area (Å²) >= 11 is 3.22. The van der Waals surface area contributed by atoms with E-state index in [1.807, 2.05) is 0 Å². The van der Waals surface area contributed by atoms with Gasteiger partial charge in [0, 0.05) is 5.56 Å². The quantitative estimate of drug-likeness (QED) is 0.656. The van der Waals surface area contributed by atoms with Crippen LogP contribution in [0.3, 0.4) is 0 Å². The molecule has 0 aliphatic heterocycles.